The third kappa shape index (κ3) is 4.22. The standard InChI is InChI=1S/C16H26N2O/c1-12(2)19-16-6-4-14(5-7-16)11-18-9-8-15(17)10-13(18)3/h4-7,12-13,15H,8-11,17H2,1-3H3. The molecule has 2 rings (SSSR count). The summed E-state index contributed by atoms with van der Waals surface area (Å²) >= 11 is 0. The molecule has 1 saturated heterocycles. The Kier molecular flexibility index (Phi) is 4.83. The van der Waals surface area contributed by atoms with Crippen LogP contribution >= 0.6 is 0 Å². The molecule has 0 radical (unpaired) electrons. The topological polar surface area (TPSA) is 38.5 Å². The smallest absolute Gasteiger partial charge is 0.119 e. The van der Waals surface area contributed by atoms with Crippen molar-refractivity contribution in [1.29, 1.82) is 0 Å². The van der Waals surface area contributed by atoms with E-state index >= 15 is 0 Å². The van der Waals surface area contributed by atoms with Gasteiger partial charge in [-0.3, -0.25) is 4.90 Å². The fraction of sp³-hybridized carbons (Fsp3) is 0.625. The minimum atomic E-state index is 0.231. The first-order chi connectivity index (χ1) is 9.04. The van der Waals surface area contributed by atoms with Crippen molar-refractivity contribution in [3.63, 3.8) is 0 Å². The summed E-state index contributed by atoms with van der Waals surface area (Å²) in [6, 6.07) is 9.42. The molecule has 1 aliphatic rings. The van der Waals surface area contributed by atoms with E-state index in [0.29, 0.717) is 12.1 Å². The van der Waals surface area contributed by atoms with Crippen LogP contribution in [0.5, 0.6) is 5.75 Å². The second-order valence-electron chi connectivity index (χ2n) is 5.91. The Labute approximate surface area is 116 Å². The molecule has 106 valence electrons. The highest BCUT2D eigenvalue weighted by atomic mass is 16.5. The summed E-state index contributed by atoms with van der Waals surface area (Å²) in [5.41, 5.74) is 7.35. The Balaban J connectivity index is 1.92. The summed E-state index contributed by atoms with van der Waals surface area (Å²) in [7, 11) is 0. The Hall–Kier alpha value is -1.06. The van der Waals surface area contributed by atoms with Crippen molar-refractivity contribution >= 4 is 0 Å². The van der Waals surface area contributed by atoms with E-state index < -0.39 is 0 Å². The molecule has 0 spiro atoms. The summed E-state index contributed by atoms with van der Waals surface area (Å²) in [6.07, 6.45) is 2.45. The average Bonchev–Trinajstić information content (AvgIpc) is 2.34. The molecule has 0 saturated carbocycles. The predicted octanol–water partition coefficient (Wildman–Crippen LogP) is 2.79. The van der Waals surface area contributed by atoms with Crippen molar-refractivity contribution in [3.05, 3.63) is 29.8 Å². The van der Waals surface area contributed by atoms with Crippen LogP contribution in [0.15, 0.2) is 24.3 Å². The third-order valence-electron chi connectivity index (χ3n) is 3.74. The highest BCUT2D eigenvalue weighted by Gasteiger charge is 2.22. The number of hydrogen-bond donors (Lipinski definition) is 1. The third-order valence-corrected chi connectivity index (χ3v) is 3.74. The molecule has 3 heteroatoms. The van der Waals surface area contributed by atoms with Gasteiger partial charge in [-0.15, -0.1) is 0 Å². The van der Waals surface area contributed by atoms with Crippen LogP contribution in [0.3, 0.4) is 0 Å². The summed E-state index contributed by atoms with van der Waals surface area (Å²) in [5, 5.41) is 0. The Bertz CT molecular complexity index is 388. The van der Waals surface area contributed by atoms with Crippen LogP contribution in [0.4, 0.5) is 0 Å². The molecule has 0 amide bonds. The largest absolute Gasteiger partial charge is 0.491 e. The van der Waals surface area contributed by atoms with E-state index in [1.165, 1.54) is 5.56 Å². The number of rotatable bonds is 4. The van der Waals surface area contributed by atoms with Gasteiger partial charge in [0.2, 0.25) is 0 Å². The molecule has 19 heavy (non-hydrogen) atoms. The highest BCUT2D eigenvalue weighted by Crippen LogP contribution is 2.20. The second-order valence-corrected chi connectivity index (χ2v) is 5.91. The molecule has 1 heterocycles. The molecule has 1 aliphatic heterocycles. The number of benzene rings is 1. The fourth-order valence-corrected chi connectivity index (χ4v) is 2.67. The molecule has 0 bridgehead atoms. The zero-order valence-electron chi connectivity index (χ0n) is 12.3. The lowest BCUT2D eigenvalue weighted by atomic mass is 9.98. The lowest BCUT2D eigenvalue weighted by Gasteiger charge is -2.36. The van der Waals surface area contributed by atoms with Crippen LogP contribution in [0.2, 0.25) is 0 Å². The van der Waals surface area contributed by atoms with Crippen molar-refractivity contribution in [1.82, 2.24) is 4.90 Å². The van der Waals surface area contributed by atoms with Gasteiger partial charge in [-0.1, -0.05) is 12.1 Å². The number of nitrogens with zero attached hydrogens (tertiary/aromatic N) is 1. The maximum atomic E-state index is 6.00. The molecule has 3 nitrogen and oxygen atoms in total. The predicted molar refractivity (Wildman–Crippen MR) is 79.3 cm³/mol. The molecule has 2 unspecified atom stereocenters. The van der Waals surface area contributed by atoms with Crippen LogP contribution in [-0.2, 0) is 6.54 Å². The molecule has 2 atom stereocenters. The highest BCUT2D eigenvalue weighted by molar-refractivity contribution is 5.27. The van der Waals surface area contributed by atoms with E-state index in [-0.39, 0.29) is 6.10 Å². The first kappa shape index (κ1) is 14.4. The molecule has 2 N–H and O–H groups in total. The summed E-state index contributed by atoms with van der Waals surface area (Å²) in [5.74, 6) is 0.951. The molecule has 1 aromatic carbocycles. The van der Waals surface area contributed by atoms with Crippen LogP contribution < -0.4 is 10.5 Å². The van der Waals surface area contributed by atoms with Crippen LogP contribution in [0.25, 0.3) is 0 Å². The zero-order chi connectivity index (χ0) is 13.8. The van der Waals surface area contributed by atoms with Crippen molar-refractivity contribution < 1.29 is 4.74 Å². The first-order valence-electron chi connectivity index (χ1n) is 7.30. The molecular weight excluding hydrogens is 236 g/mol. The van der Waals surface area contributed by atoms with Crippen molar-refractivity contribution in [3.8, 4) is 5.75 Å². The molecular formula is C16H26N2O. The number of piperidine rings is 1. The quantitative estimate of drug-likeness (QED) is 0.907. The van der Waals surface area contributed by atoms with Gasteiger partial charge in [0.15, 0.2) is 0 Å². The van der Waals surface area contributed by atoms with Gasteiger partial charge in [-0.05, 0) is 51.3 Å². The van der Waals surface area contributed by atoms with Gasteiger partial charge in [0.25, 0.3) is 0 Å². The maximum absolute atomic E-state index is 6.00. The number of hydrogen-bond acceptors (Lipinski definition) is 3. The number of likely N-dealkylation sites (tertiary alicyclic amines) is 1. The first-order valence-corrected chi connectivity index (χ1v) is 7.30. The van der Waals surface area contributed by atoms with Crippen molar-refractivity contribution in [2.45, 2.75) is 58.3 Å². The van der Waals surface area contributed by atoms with Crippen molar-refractivity contribution in [2.24, 2.45) is 5.73 Å². The van der Waals surface area contributed by atoms with Gasteiger partial charge >= 0.3 is 0 Å². The molecule has 1 aromatic rings. The number of ether oxygens (including phenoxy) is 1. The van der Waals surface area contributed by atoms with Crippen LogP contribution in [-0.4, -0.2) is 29.6 Å². The Morgan fingerprint density at radius 3 is 2.58 bits per heavy atom. The van der Waals surface area contributed by atoms with E-state index in [9.17, 15) is 0 Å². The molecule has 0 aromatic heterocycles. The minimum absolute atomic E-state index is 0.231. The molecule has 0 aliphatic carbocycles. The average molecular weight is 262 g/mol. The van der Waals surface area contributed by atoms with Gasteiger partial charge in [-0.2, -0.15) is 0 Å². The summed E-state index contributed by atoms with van der Waals surface area (Å²) < 4.78 is 5.66. The van der Waals surface area contributed by atoms with Crippen LogP contribution in [0, 0.1) is 0 Å². The normalized spacial score (nSPS) is 24.7. The van der Waals surface area contributed by atoms with E-state index in [1.807, 2.05) is 13.8 Å². The van der Waals surface area contributed by atoms with Gasteiger partial charge in [0, 0.05) is 25.2 Å². The minimum Gasteiger partial charge on any atom is -0.491 e. The maximum Gasteiger partial charge on any atom is 0.119 e. The van der Waals surface area contributed by atoms with Crippen LogP contribution in [0.1, 0.15) is 39.2 Å². The van der Waals surface area contributed by atoms with Gasteiger partial charge in [0.1, 0.15) is 5.75 Å². The monoisotopic (exact) mass is 262 g/mol. The van der Waals surface area contributed by atoms with Gasteiger partial charge in [0.05, 0.1) is 6.10 Å². The number of nitrogens with two attached hydrogens (primary N) is 1. The van der Waals surface area contributed by atoms with E-state index in [4.69, 9.17) is 10.5 Å². The Morgan fingerprint density at radius 1 is 1.32 bits per heavy atom. The molecule has 1 fully saturated rings. The van der Waals surface area contributed by atoms with Gasteiger partial charge in [-0.25, -0.2) is 0 Å². The Morgan fingerprint density at radius 2 is 2.00 bits per heavy atom. The summed E-state index contributed by atoms with van der Waals surface area (Å²) in [4.78, 5) is 2.52. The van der Waals surface area contributed by atoms with Gasteiger partial charge < -0.3 is 10.5 Å². The zero-order valence-corrected chi connectivity index (χ0v) is 12.3. The van der Waals surface area contributed by atoms with Crippen molar-refractivity contribution in [2.75, 3.05) is 6.54 Å². The SMILES string of the molecule is CC(C)Oc1ccc(CN2CCC(N)CC2C)cc1. The fourth-order valence-electron chi connectivity index (χ4n) is 2.67. The van der Waals surface area contributed by atoms with E-state index in [2.05, 4.69) is 36.1 Å². The lowest BCUT2D eigenvalue weighted by molar-refractivity contribution is 0.140. The lowest BCUT2D eigenvalue weighted by Crippen LogP contribution is -2.44. The van der Waals surface area contributed by atoms with E-state index in [1.54, 1.807) is 0 Å². The van der Waals surface area contributed by atoms with E-state index in [0.717, 1.165) is 31.7 Å². The summed E-state index contributed by atoms with van der Waals surface area (Å²) in [6.45, 7) is 8.48. The second kappa shape index (κ2) is 6.40.